The molecule has 3 aromatic carbocycles. The molecule has 2 atom stereocenters. The minimum atomic E-state index is -4.64. The zero-order valence-electron chi connectivity index (χ0n) is 18.8. The van der Waals surface area contributed by atoms with E-state index >= 15 is 0 Å². The quantitative estimate of drug-likeness (QED) is 0.261. The highest BCUT2D eigenvalue weighted by Crippen LogP contribution is 2.33. The second-order valence-corrected chi connectivity index (χ2v) is 7.85. The average molecular weight is 467 g/mol. The summed E-state index contributed by atoms with van der Waals surface area (Å²) in [6.45, 7) is 3.47. The summed E-state index contributed by atoms with van der Waals surface area (Å²) in [6.07, 6.45) is -3.65. The van der Waals surface area contributed by atoms with Crippen LogP contribution in [0, 0.1) is 0 Å². The number of amides is 2. The first-order valence-electron chi connectivity index (χ1n) is 10.8. The number of rotatable bonds is 7. The van der Waals surface area contributed by atoms with Crippen molar-refractivity contribution < 1.29 is 22.8 Å². The third-order valence-electron chi connectivity index (χ3n) is 5.35. The molecule has 3 rings (SSSR count). The van der Waals surface area contributed by atoms with Crippen LogP contribution in [-0.4, -0.2) is 11.8 Å². The number of hydrogen-bond acceptors (Lipinski definition) is 2. The molecule has 0 saturated heterocycles. The van der Waals surface area contributed by atoms with Gasteiger partial charge in [-0.2, -0.15) is 13.2 Å². The minimum Gasteiger partial charge on any atom is -0.345 e. The van der Waals surface area contributed by atoms with Crippen LogP contribution in [0.5, 0.6) is 0 Å². The average Bonchev–Trinajstić information content (AvgIpc) is 2.83. The van der Waals surface area contributed by atoms with Gasteiger partial charge in [-0.3, -0.25) is 9.59 Å². The first-order valence-corrected chi connectivity index (χ1v) is 10.8. The Hall–Kier alpha value is -3.87. The molecule has 7 heteroatoms. The largest absolute Gasteiger partial charge is 0.416 e. The Labute approximate surface area is 196 Å². The summed E-state index contributed by atoms with van der Waals surface area (Å²) >= 11 is 0. The highest BCUT2D eigenvalue weighted by Gasteiger charge is 2.33. The van der Waals surface area contributed by atoms with E-state index in [1.165, 1.54) is 18.2 Å². The Bertz CT molecular complexity index is 1100. The van der Waals surface area contributed by atoms with Crippen LogP contribution in [0.1, 0.15) is 48.2 Å². The van der Waals surface area contributed by atoms with E-state index in [-0.39, 0.29) is 5.56 Å². The molecule has 2 N–H and O–H groups in total. The molecule has 176 valence electrons. The first-order chi connectivity index (χ1) is 16.2. The van der Waals surface area contributed by atoms with Crippen molar-refractivity contribution in [2.24, 2.45) is 0 Å². The molecule has 0 fully saturated rings. The molecule has 0 aromatic heterocycles. The van der Waals surface area contributed by atoms with E-state index in [9.17, 15) is 22.8 Å². The smallest absolute Gasteiger partial charge is 0.345 e. The predicted octanol–water partition coefficient (Wildman–Crippen LogP) is 5.84. The van der Waals surface area contributed by atoms with E-state index in [4.69, 9.17) is 0 Å². The van der Waals surface area contributed by atoms with Crippen molar-refractivity contribution in [1.82, 2.24) is 10.6 Å². The van der Waals surface area contributed by atoms with Crippen LogP contribution in [0.2, 0.25) is 0 Å². The number of nitrogens with one attached hydrogen (secondary N) is 2. The lowest BCUT2D eigenvalue weighted by Gasteiger charge is -2.19. The van der Waals surface area contributed by atoms with Gasteiger partial charge in [0.2, 0.25) is 0 Å². The molecule has 0 aliphatic heterocycles. The highest BCUT2D eigenvalue weighted by molar-refractivity contribution is 6.21. The van der Waals surface area contributed by atoms with Crippen molar-refractivity contribution in [1.29, 1.82) is 0 Å². The summed E-state index contributed by atoms with van der Waals surface area (Å²) < 4.78 is 40.6. The highest BCUT2D eigenvalue weighted by atomic mass is 19.4. The molecular formula is C27H25F3N2O2. The molecule has 3 aromatic rings. The van der Waals surface area contributed by atoms with Gasteiger partial charge in [0, 0.05) is 0 Å². The summed E-state index contributed by atoms with van der Waals surface area (Å²) in [5.74, 6) is -1.54. The molecule has 0 saturated carbocycles. The van der Waals surface area contributed by atoms with E-state index in [1.807, 2.05) is 60.7 Å². The fraction of sp³-hybridized carbons (Fsp3) is 0.185. The molecule has 0 bridgehead atoms. The zero-order valence-corrected chi connectivity index (χ0v) is 18.8. The van der Waals surface area contributed by atoms with Gasteiger partial charge in [-0.1, -0.05) is 78.9 Å². The van der Waals surface area contributed by atoms with Crippen LogP contribution in [0.3, 0.4) is 0 Å². The maximum atomic E-state index is 13.5. The summed E-state index contributed by atoms with van der Waals surface area (Å²) in [6, 6.07) is 22.0. The van der Waals surface area contributed by atoms with Crippen molar-refractivity contribution in [3.63, 3.8) is 0 Å². The van der Waals surface area contributed by atoms with E-state index in [0.29, 0.717) is 0 Å². The molecule has 0 spiro atoms. The van der Waals surface area contributed by atoms with Gasteiger partial charge >= 0.3 is 6.18 Å². The number of hydrogen-bond donors (Lipinski definition) is 2. The lowest BCUT2D eigenvalue weighted by Crippen LogP contribution is -2.37. The van der Waals surface area contributed by atoms with Crippen LogP contribution in [0.15, 0.2) is 90.5 Å². The number of carbonyl (C=O) groups excluding carboxylic acids is 2. The van der Waals surface area contributed by atoms with Gasteiger partial charge in [0.05, 0.1) is 17.6 Å². The summed E-state index contributed by atoms with van der Waals surface area (Å²) in [5.41, 5.74) is -0.0227. The maximum Gasteiger partial charge on any atom is 0.416 e. The fourth-order valence-corrected chi connectivity index (χ4v) is 3.47. The van der Waals surface area contributed by atoms with Crippen LogP contribution in [0.25, 0.3) is 6.08 Å². The van der Waals surface area contributed by atoms with E-state index < -0.39 is 41.2 Å². The van der Waals surface area contributed by atoms with Crippen molar-refractivity contribution in [2.45, 2.75) is 32.1 Å². The van der Waals surface area contributed by atoms with E-state index in [2.05, 4.69) is 10.6 Å². The number of alkyl halides is 3. The molecule has 0 aliphatic rings. The molecule has 0 heterocycles. The SMILES string of the molecule is C[C@@H](NC(=O)C(=Cc1ccccc1C(F)(F)F)C(=O)N[C@H](C)c1ccccc1)c1ccccc1. The first kappa shape index (κ1) is 24.8. The standard InChI is InChI=1S/C27H25F3N2O2/c1-18(20-11-5-3-6-12-20)31-25(33)23(17-22-15-9-10-16-24(22)27(28,29)30)26(34)32-19(2)21-13-7-4-8-14-21/h3-19H,1-2H3,(H,31,33)(H,32,34)/t18-,19-/m1/s1. The normalized spacial score (nSPS) is 12.9. The number of carbonyl (C=O) groups is 2. The second-order valence-electron chi connectivity index (χ2n) is 7.85. The Morgan fingerprint density at radius 1 is 0.706 bits per heavy atom. The van der Waals surface area contributed by atoms with Gasteiger partial charge in [-0.15, -0.1) is 0 Å². The topological polar surface area (TPSA) is 58.2 Å². The van der Waals surface area contributed by atoms with Crippen molar-refractivity contribution in [3.05, 3.63) is 113 Å². The number of benzene rings is 3. The molecule has 0 radical (unpaired) electrons. The molecule has 34 heavy (non-hydrogen) atoms. The Kier molecular flexibility index (Phi) is 7.89. The summed E-state index contributed by atoms with van der Waals surface area (Å²) in [5, 5.41) is 5.44. The monoisotopic (exact) mass is 466 g/mol. The molecule has 0 unspecified atom stereocenters. The fourth-order valence-electron chi connectivity index (χ4n) is 3.47. The summed E-state index contributed by atoms with van der Waals surface area (Å²) in [4.78, 5) is 26.3. The van der Waals surface area contributed by atoms with Crippen molar-refractivity contribution in [3.8, 4) is 0 Å². The lowest BCUT2D eigenvalue weighted by atomic mass is 10.0. The van der Waals surface area contributed by atoms with Gasteiger partial charge in [-0.25, -0.2) is 0 Å². The second kappa shape index (κ2) is 10.8. The minimum absolute atomic E-state index is 0.268. The van der Waals surface area contributed by atoms with Gasteiger partial charge in [0.15, 0.2) is 0 Å². The molecule has 2 amide bonds. The molecule has 0 aliphatic carbocycles. The Morgan fingerprint density at radius 3 is 1.56 bits per heavy atom. The van der Waals surface area contributed by atoms with Gasteiger partial charge in [0.1, 0.15) is 5.57 Å². The van der Waals surface area contributed by atoms with Crippen LogP contribution in [0.4, 0.5) is 13.2 Å². The van der Waals surface area contributed by atoms with E-state index in [0.717, 1.165) is 23.3 Å². The summed E-state index contributed by atoms with van der Waals surface area (Å²) in [7, 11) is 0. The van der Waals surface area contributed by atoms with Crippen LogP contribution in [-0.2, 0) is 15.8 Å². The number of halogens is 3. The molecule has 4 nitrogen and oxygen atoms in total. The van der Waals surface area contributed by atoms with Crippen molar-refractivity contribution >= 4 is 17.9 Å². The van der Waals surface area contributed by atoms with Gasteiger partial charge < -0.3 is 10.6 Å². The maximum absolute atomic E-state index is 13.5. The third kappa shape index (κ3) is 6.34. The van der Waals surface area contributed by atoms with Crippen LogP contribution >= 0.6 is 0 Å². The third-order valence-corrected chi connectivity index (χ3v) is 5.35. The van der Waals surface area contributed by atoms with Gasteiger partial charge in [0.25, 0.3) is 11.8 Å². The van der Waals surface area contributed by atoms with Crippen molar-refractivity contribution in [2.75, 3.05) is 0 Å². The van der Waals surface area contributed by atoms with E-state index in [1.54, 1.807) is 13.8 Å². The van der Waals surface area contributed by atoms with Crippen LogP contribution < -0.4 is 10.6 Å². The molecular weight excluding hydrogens is 441 g/mol. The zero-order chi connectivity index (χ0) is 24.7. The van der Waals surface area contributed by atoms with Gasteiger partial charge in [-0.05, 0) is 42.7 Å². The Morgan fingerprint density at radius 2 is 1.12 bits per heavy atom. The predicted molar refractivity (Wildman–Crippen MR) is 125 cm³/mol. The Balaban J connectivity index is 1.95. The lowest BCUT2D eigenvalue weighted by molar-refractivity contribution is -0.137.